The van der Waals surface area contributed by atoms with Gasteiger partial charge in [-0.3, -0.25) is 0 Å². The lowest BCUT2D eigenvalue weighted by atomic mass is 9.77. The Morgan fingerprint density at radius 2 is 1.40 bits per heavy atom. The molecule has 6 aromatic rings. The van der Waals surface area contributed by atoms with E-state index in [0.29, 0.717) is 5.92 Å². The standard InChI is InChI=1S/C42H42BrN5O2/c1-41(2,3)50-40(49)45-35-24-22-29(23-25-35)26-37-44-28-36-38(30-14-13-21-34(43)27-30)47-48(39(36)46-37)42(31-15-7-4-8-16-31,32-17-9-5-10-18-32)33-19-11-6-12-20-33/h4-21,27-29,35H,22-26H2,1-3H3,(H,45,49). The maximum Gasteiger partial charge on any atom is 0.407 e. The van der Waals surface area contributed by atoms with Gasteiger partial charge in [0.25, 0.3) is 0 Å². The Kier molecular flexibility index (Phi) is 9.56. The van der Waals surface area contributed by atoms with Crippen molar-refractivity contribution in [2.45, 2.75) is 70.1 Å². The Labute approximate surface area is 302 Å². The van der Waals surface area contributed by atoms with Crippen molar-refractivity contribution in [2.24, 2.45) is 5.92 Å². The minimum absolute atomic E-state index is 0.113. The molecule has 1 fully saturated rings. The molecule has 2 aromatic heterocycles. The van der Waals surface area contributed by atoms with Crippen LogP contribution in [-0.4, -0.2) is 37.5 Å². The van der Waals surface area contributed by atoms with E-state index in [1.165, 1.54) is 0 Å². The Balaban J connectivity index is 1.34. The summed E-state index contributed by atoms with van der Waals surface area (Å²) in [4.78, 5) is 22.7. The molecule has 7 nitrogen and oxygen atoms in total. The van der Waals surface area contributed by atoms with Gasteiger partial charge >= 0.3 is 6.09 Å². The Hall–Kier alpha value is -4.82. The van der Waals surface area contributed by atoms with Gasteiger partial charge in [0.2, 0.25) is 0 Å². The van der Waals surface area contributed by atoms with Gasteiger partial charge in [-0.25, -0.2) is 19.4 Å². The summed E-state index contributed by atoms with van der Waals surface area (Å²) in [6, 6.07) is 40.1. The van der Waals surface area contributed by atoms with E-state index in [0.717, 1.165) is 81.4 Å². The van der Waals surface area contributed by atoms with Crippen LogP contribution in [0.3, 0.4) is 0 Å². The van der Waals surface area contributed by atoms with E-state index in [2.05, 4.69) is 129 Å². The van der Waals surface area contributed by atoms with E-state index in [-0.39, 0.29) is 12.1 Å². The number of aromatic nitrogens is 4. The number of benzene rings is 4. The van der Waals surface area contributed by atoms with Crippen LogP contribution in [0.25, 0.3) is 22.3 Å². The number of carbonyl (C=O) groups excluding carboxylic acids is 1. The number of amides is 1. The second-order valence-corrected chi connectivity index (χ2v) is 15.1. The SMILES string of the molecule is CC(C)(C)OC(=O)NC1CCC(Cc2ncc3c(-c4cccc(Br)c4)nn(C(c4ccccc4)(c4ccccc4)c4ccccc4)c3n2)CC1. The first-order valence-electron chi connectivity index (χ1n) is 17.4. The number of rotatable bonds is 8. The van der Waals surface area contributed by atoms with Crippen LogP contribution in [0, 0.1) is 5.92 Å². The highest BCUT2D eigenvalue weighted by Crippen LogP contribution is 2.43. The molecule has 1 aliphatic rings. The van der Waals surface area contributed by atoms with Crippen LogP contribution >= 0.6 is 15.9 Å². The fourth-order valence-electron chi connectivity index (χ4n) is 7.27. The van der Waals surface area contributed by atoms with Gasteiger partial charge < -0.3 is 10.1 Å². The fraction of sp³-hybridized carbons (Fsp3) is 0.286. The molecule has 1 saturated carbocycles. The maximum absolute atomic E-state index is 12.4. The first-order chi connectivity index (χ1) is 24.2. The highest BCUT2D eigenvalue weighted by Gasteiger charge is 2.41. The lowest BCUT2D eigenvalue weighted by Crippen LogP contribution is -2.41. The minimum atomic E-state index is -0.830. The van der Waals surface area contributed by atoms with Gasteiger partial charge in [0.15, 0.2) is 5.65 Å². The van der Waals surface area contributed by atoms with E-state index in [9.17, 15) is 4.79 Å². The molecule has 0 saturated heterocycles. The molecule has 1 N–H and O–H groups in total. The van der Waals surface area contributed by atoms with Crippen LogP contribution in [0.5, 0.6) is 0 Å². The second kappa shape index (κ2) is 14.2. The predicted octanol–water partition coefficient (Wildman–Crippen LogP) is 9.72. The number of halogens is 1. The molecule has 254 valence electrons. The van der Waals surface area contributed by atoms with Gasteiger partial charge in [0, 0.05) is 28.7 Å². The molecule has 1 aliphatic carbocycles. The number of hydrogen-bond donors (Lipinski definition) is 1. The van der Waals surface area contributed by atoms with E-state index < -0.39 is 11.1 Å². The molecule has 0 bridgehead atoms. The Morgan fingerprint density at radius 1 is 0.820 bits per heavy atom. The van der Waals surface area contributed by atoms with Gasteiger partial charge in [-0.05, 0) is 81.2 Å². The summed E-state index contributed by atoms with van der Waals surface area (Å²) in [6.45, 7) is 5.66. The molecule has 0 unspecified atom stereocenters. The molecule has 2 heterocycles. The average molecular weight is 729 g/mol. The van der Waals surface area contributed by atoms with Crippen molar-refractivity contribution in [3.8, 4) is 11.3 Å². The zero-order valence-electron chi connectivity index (χ0n) is 28.7. The summed E-state index contributed by atoms with van der Waals surface area (Å²) in [7, 11) is 0. The van der Waals surface area contributed by atoms with E-state index in [1.807, 2.05) is 39.1 Å². The molecule has 7 rings (SSSR count). The van der Waals surface area contributed by atoms with Crippen LogP contribution in [-0.2, 0) is 16.7 Å². The van der Waals surface area contributed by atoms with Gasteiger partial charge in [0.1, 0.15) is 22.7 Å². The first-order valence-corrected chi connectivity index (χ1v) is 18.2. The second-order valence-electron chi connectivity index (χ2n) is 14.2. The number of carbonyl (C=O) groups is 1. The average Bonchev–Trinajstić information content (AvgIpc) is 3.49. The number of alkyl carbamates (subject to hydrolysis) is 1. The summed E-state index contributed by atoms with van der Waals surface area (Å²) in [5.74, 6) is 1.21. The van der Waals surface area contributed by atoms with Crippen molar-refractivity contribution >= 4 is 33.1 Å². The minimum Gasteiger partial charge on any atom is -0.444 e. The molecule has 1 amide bonds. The highest BCUT2D eigenvalue weighted by atomic mass is 79.9. The normalized spacial score (nSPS) is 16.6. The zero-order chi connectivity index (χ0) is 34.7. The molecule has 8 heteroatoms. The van der Waals surface area contributed by atoms with Crippen LogP contribution in [0.15, 0.2) is 126 Å². The van der Waals surface area contributed by atoms with Crippen LogP contribution in [0.1, 0.15) is 69.0 Å². The van der Waals surface area contributed by atoms with Gasteiger partial charge in [-0.1, -0.05) is 119 Å². The number of nitrogens with one attached hydrogen (secondary N) is 1. The lowest BCUT2D eigenvalue weighted by Gasteiger charge is -2.36. The molecular formula is C42H42BrN5O2. The quantitative estimate of drug-likeness (QED) is 0.158. The summed E-state index contributed by atoms with van der Waals surface area (Å²) >= 11 is 3.68. The Morgan fingerprint density at radius 3 is 1.94 bits per heavy atom. The molecule has 0 atom stereocenters. The molecule has 50 heavy (non-hydrogen) atoms. The number of fused-ring (bicyclic) bond motifs is 1. The van der Waals surface area contributed by atoms with Gasteiger partial charge in [-0.2, -0.15) is 5.10 Å². The van der Waals surface area contributed by atoms with Gasteiger partial charge in [-0.15, -0.1) is 0 Å². The lowest BCUT2D eigenvalue weighted by molar-refractivity contribution is 0.0487. The Bertz CT molecular complexity index is 1970. The third-order valence-electron chi connectivity index (χ3n) is 9.50. The van der Waals surface area contributed by atoms with Crippen molar-refractivity contribution in [3.63, 3.8) is 0 Å². The molecular weight excluding hydrogens is 686 g/mol. The topological polar surface area (TPSA) is 81.9 Å². The van der Waals surface area contributed by atoms with Crippen molar-refractivity contribution in [1.29, 1.82) is 0 Å². The van der Waals surface area contributed by atoms with E-state index >= 15 is 0 Å². The smallest absolute Gasteiger partial charge is 0.407 e. The third kappa shape index (κ3) is 6.94. The first kappa shape index (κ1) is 33.7. The zero-order valence-corrected chi connectivity index (χ0v) is 30.3. The summed E-state index contributed by atoms with van der Waals surface area (Å²) in [5.41, 5.74) is 4.49. The van der Waals surface area contributed by atoms with Crippen molar-refractivity contribution in [2.75, 3.05) is 0 Å². The van der Waals surface area contributed by atoms with Crippen molar-refractivity contribution in [3.05, 3.63) is 148 Å². The highest BCUT2D eigenvalue weighted by molar-refractivity contribution is 9.10. The summed E-state index contributed by atoms with van der Waals surface area (Å²) in [6.07, 6.45) is 6.12. The largest absolute Gasteiger partial charge is 0.444 e. The third-order valence-corrected chi connectivity index (χ3v) is 10.00. The number of hydrogen-bond acceptors (Lipinski definition) is 5. The fourth-order valence-corrected chi connectivity index (χ4v) is 7.67. The summed E-state index contributed by atoms with van der Waals surface area (Å²) < 4.78 is 8.61. The monoisotopic (exact) mass is 727 g/mol. The predicted molar refractivity (Wildman–Crippen MR) is 202 cm³/mol. The maximum atomic E-state index is 12.4. The van der Waals surface area contributed by atoms with Gasteiger partial charge in [0.05, 0.1) is 5.39 Å². The van der Waals surface area contributed by atoms with Crippen molar-refractivity contribution in [1.82, 2.24) is 25.1 Å². The number of ether oxygens (including phenoxy) is 1. The van der Waals surface area contributed by atoms with E-state index in [4.69, 9.17) is 19.8 Å². The number of nitrogens with zero attached hydrogens (tertiary/aromatic N) is 4. The molecule has 4 aromatic carbocycles. The molecule has 0 spiro atoms. The van der Waals surface area contributed by atoms with Crippen LogP contribution < -0.4 is 5.32 Å². The van der Waals surface area contributed by atoms with E-state index in [1.54, 1.807) is 0 Å². The van der Waals surface area contributed by atoms with Crippen molar-refractivity contribution < 1.29 is 9.53 Å². The van der Waals surface area contributed by atoms with Crippen LogP contribution in [0.2, 0.25) is 0 Å². The molecule has 0 radical (unpaired) electrons. The summed E-state index contributed by atoms with van der Waals surface area (Å²) in [5, 5.41) is 9.46. The molecule has 0 aliphatic heterocycles. The van der Waals surface area contributed by atoms with Crippen LogP contribution in [0.4, 0.5) is 4.79 Å².